The molecule has 1 heterocycles. The van der Waals surface area contributed by atoms with Crippen molar-refractivity contribution >= 4 is 77.0 Å². The van der Waals surface area contributed by atoms with Crippen LogP contribution in [0.15, 0.2) is 46.9 Å². The van der Waals surface area contributed by atoms with Gasteiger partial charge in [-0.1, -0.05) is 83.1 Å². The second-order valence-corrected chi connectivity index (χ2v) is 10.5. The quantitative estimate of drug-likeness (QED) is 0.221. The van der Waals surface area contributed by atoms with Gasteiger partial charge in [-0.2, -0.15) is 5.10 Å². The van der Waals surface area contributed by atoms with E-state index in [1.54, 1.807) is 29.8 Å². The molecule has 0 bridgehead atoms. The lowest BCUT2D eigenvalue weighted by molar-refractivity contribution is 0.0518. The number of esters is 1. The molecule has 3 aromatic rings. The number of benzene rings is 2. The van der Waals surface area contributed by atoms with Gasteiger partial charge < -0.3 is 4.74 Å². The summed E-state index contributed by atoms with van der Waals surface area (Å²) in [5.41, 5.74) is 2.99. The van der Waals surface area contributed by atoms with Gasteiger partial charge in [0.1, 0.15) is 0 Å². The molecule has 28 heavy (non-hydrogen) atoms. The normalized spacial score (nSPS) is 11.1. The Morgan fingerprint density at radius 1 is 1.18 bits per heavy atom. The Balaban J connectivity index is 2.35. The Bertz CT molecular complexity index is 1020. The largest absolute Gasteiger partial charge is 0.461 e. The highest BCUT2D eigenvalue weighted by molar-refractivity contribution is 9.24. The molecule has 0 fully saturated rings. The minimum absolute atomic E-state index is 0.199. The molecule has 0 radical (unpaired) electrons. The smallest absolute Gasteiger partial charge is 0.359 e. The summed E-state index contributed by atoms with van der Waals surface area (Å²) in [5.74, 6) is -0.511. The van der Waals surface area contributed by atoms with E-state index in [1.807, 2.05) is 24.3 Å². The third kappa shape index (κ3) is 4.49. The third-order valence-electron chi connectivity index (χ3n) is 3.86. The minimum Gasteiger partial charge on any atom is -0.461 e. The topological polar surface area (TPSA) is 44.1 Å². The number of aromatic nitrogens is 2. The number of ether oxygens (including phenoxy) is 1. The summed E-state index contributed by atoms with van der Waals surface area (Å²) in [7, 11) is 0. The van der Waals surface area contributed by atoms with E-state index in [2.05, 4.69) is 52.9 Å². The van der Waals surface area contributed by atoms with E-state index in [1.165, 1.54) is 0 Å². The number of nitrogens with zero attached hydrogens (tertiary/aromatic N) is 2. The van der Waals surface area contributed by atoms with Crippen molar-refractivity contribution in [3.8, 4) is 16.9 Å². The van der Waals surface area contributed by atoms with Crippen LogP contribution < -0.4 is 0 Å². The summed E-state index contributed by atoms with van der Waals surface area (Å²) in [4.78, 5) is 12.6. The standard InChI is InChI=1S/C19H13Br3Cl2N2O2/c1-2-28-19(27)16-15(18(21)22)17(10-3-6-12(23)7-4-10)26(25-16)14-8-5-11(20)9-13(14)24/h3-9,18H,2H2,1H3. The summed E-state index contributed by atoms with van der Waals surface area (Å²) < 4.78 is 7.36. The van der Waals surface area contributed by atoms with Crippen LogP contribution in [0.2, 0.25) is 10.0 Å². The van der Waals surface area contributed by atoms with Crippen molar-refractivity contribution < 1.29 is 9.53 Å². The molecule has 0 aliphatic carbocycles. The molecule has 0 saturated heterocycles. The molecule has 0 aliphatic rings. The summed E-state index contributed by atoms with van der Waals surface area (Å²) in [5, 5.41) is 5.65. The van der Waals surface area contributed by atoms with Gasteiger partial charge in [-0.05, 0) is 37.3 Å². The lowest BCUT2D eigenvalue weighted by Crippen LogP contribution is -2.08. The van der Waals surface area contributed by atoms with Gasteiger partial charge >= 0.3 is 5.97 Å². The van der Waals surface area contributed by atoms with Gasteiger partial charge in [-0.3, -0.25) is 0 Å². The molecule has 3 rings (SSSR count). The van der Waals surface area contributed by atoms with E-state index >= 15 is 0 Å². The number of rotatable bonds is 5. The van der Waals surface area contributed by atoms with Crippen LogP contribution in [0.25, 0.3) is 16.9 Å². The van der Waals surface area contributed by atoms with Crippen LogP contribution in [0.4, 0.5) is 0 Å². The molecule has 9 heteroatoms. The number of carbonyl (C=O) groups excluding carboxylic acids is 1. The maximum absolute atomic E-state index is 12.6. The predicted molar refractivity (Wildman–Crippen MR) is 123 cm³/mol. The summed E-state index contributed by atoms with van der Waals surface area (Å²) in [6.07, 6.45) is 0. The number of halogens is 5. The van der Waals surface area contributed by atoms with Crippen LogP contribution >= 0.6 is 71.0 Å². The van der Waals surface area contributed by atoms with Crippen LogP contribution in [-0.2, 0) is 4.74 Å². The first-order valence-corrected chi connectivity index (χ1v) is 11.5. The van der Waals surface area contributed by atoms with Crippen LogP contribution in [0.1, 0.15) is 26.7 Å². The van der Waals surface area contributed by atoms with Gasteiger partial charge in [-0.15, -0.1) is 0 Å². The highest BCUT2D eigenvalue weighted by atomic mass is 79.9. The van der Waals surface area contributed by atoms with E-state index in [0.29, 0.717) is 27.0 Å². The molecule has 4 nitrogen and oxygen atoms in total. The van der Waals surface area contributed by atoms with Crippen molar-refractivity contribution in [1.82, 2.24) is 9.78 Å². The number of hydrogen-bond acceptors (Lipinski definition) is 3. The van der Waals surface area contributed by atoms with Crippen LogP contribution in [0, 0.1) is 0 Å². The minimum atomic E-state index is -0.511. The van der Waals surface area contributed by atoms with E-state index in [4.69, 9.17) is 27.9 Å². The van der Waals surface area contributed by atoms with Crippen molar-refractivity contribution in [3.63, 3.8) is 0 Å². The Labute approximate surface area is 197 Å². The van der Waals surface area contributed by atoms with Gasteiger partial charge in [0.2, 0.25) is 0 Å². The zero-order chi connectivity index (χ0) is 20.4. The van der Waals surface area contributed by atoms with Crippen LogP contribution in [0.5, 0.6) is 0 Å². The first-order chi connectivity index (χ1) is 13.3. The average molecular weight is 612 g/mol. The summed E-state index contributed by atoms with van der Waals surface area (Å²) in [6.45, 7) is 2.00. The molecule has 0 spiro atoms. The highest BCUT2D eigenvalue weighted by Gasteiger charge is 2.29. The first kappa shape index (κ1) is 21.8. The summed E-state index contributed by atoms with van der Waals surface area (Å²) in [6, 6.07) is 12.7. The molecule has 146 valence electrons. The van der Waals surface area contributed by atoms with Crippen molar-refractivity contribution in [2.24, 2.45) is 0 Å². The second-order valence-electron chi connectivity index (χ2n) is 5.65. The molecule has 1 aromatic heterocycles. The SMILES string of the molecule is CCOC(=O)c1nn(-c2ccc(Br)cc2Cl)c(-c2ccc(Cl)cc2)c1C(Br)Br. The lowest BCUT2D eigenvalue weighted by Gasteiger charge is -2.12. The van der Waals surface area contributed by atoms with Gasteiger partial charge in [-0.25, -0.2) is 9.48 Å². The number of alkyl halides is 2. The summed E-state index contributed by atoms with van der Waals surface area (Å²) >= 11 is 23.0. The maximum atomic E-state index is 12.6. The van der Waals surface area contributed by atoms with E-state index in [0.717, 1.165) is 10.0 Å². The van der Waals surface area contributed by atoms with Crippen molar-refractivity contribution in [3.05, 3.63) is 68.2 Å². The van der Waals surface area contributed by atoms with Crippen molar-refractivity contribution in [1.29, 1.82) is 0 Å². The lowest BCUT2D eigenvalue weighted by atomic mass is 10.1. The molecule has 0 amide bonds. The van der Waals surface area contributed by atoms with Crippen molar-refractivity contribution in [2.75, 3.05) is 6.61 Å². The second kappa shape index (κ2) is 9.30. The van der Waals surface area contributed by atoms with Gasteiger partial charge in [0.25, 0.3) is 0 Å². The molecule has 0 atom stereocenters. The molecule has 0 aliphatic heterocycles. The third-order valence-corrected chi connectivity index (χ3v) is 5.83. The van der Waals surface area contributed by atoms with Crippen LogP contribution in [0.3, 0.4) is 0 Å². The molecular weight excluding hydrogens is 599 g/mol. The Morgan fingerprint density at radius 3 is 2.43 bits per heavy atom. The monoisotopic (exact) mass is 608 g/mol. The molecule has 0 unspecified atom stereocenters. The Morgan fingerprint density at radius 2 is 1.86 bits per heavy atom. The Kier molecular flexibility index (Phi) is 7.26. The molecule has 0 N–H and O–H groups in total. The molecular formula is C19H13Br3Cl2N2O2. The van der Waals surface area contributed by atoms with Gasteiger partial charge in [0, 0.05) is 20.6 Å². The highest BCUT2D eigenvalue weighted by Crippen LogP contribution is 2.41. The molecule has 2 aromatic carbocycles. The van der Waals surface area contributed by atoms with Crippen LogP contribution in [-0.4, -0.2) is 22.4 Å². The zero-order valence-corrected chi connectivity index (χ0v) is 20.7. The van der Waals surface area contributed by atoms with Gasteiger partial charge in [0.05, 0.1) is 26.7 Å². The molecule has 0 saturated carbocycles. The maximum Gasteiger partial charge on any atom is 0.359 e. The number of hydrogen-bond donors (Lipinski definition) is 0. The van der Waals surface area contributed by atoms with E-state index in [-0.39, 0.29) is 16.0 Å². The zero-order valence-electron chi connectivity index (χ0n) is 14.4. The fraction of sp³-hybridized carbons (Fsp3) is 0.158. The Hall–Kier alpha value is -0.860. The van der Waals surface area contributed by atoms with E-state index in [9.17, 15) is 4.79 Å². The average Bonchev–Trinajstić information content (AvgIpc) is 3.03. The van der Waals surface area contributed by atoms with Gasteiger partial charge in [0.15, 0.2) is 5.69 Å². The fourth-order valence-corrected chi connectivity index (χ4v) is 4.45. The van der Waals surface area contributed by atoms with Crippen molar-refractivity contribution in [2.45, 2.75) is 10.7 Å². The predicted octanol–water partition coefficient (Wildman–Crippen LogP) is 7.57. The first-order valence-electron chi connectivity index (χ1n) is 8.13. The fourth-order valence-electron chi connectivity index (χ4n) is 2.70. The number of carbonyl (C=O) groups is 1. The van der Waals surface area contributed by atoms with E-state index < -0.39 is 5.97 Å².